The van der Waals surface area contributed by atoms with Crippen LogP contribution in [0.3, 0.4) is 0 Å². The van der Waals surface area contributed by atoms with Crippen LogP contribution in [0.2, 0.25) is 0 Å². The van der Waals surface area contributed by atoms with Crippen molar-refractivity contribution in [3.63, 3.8) is 0 Å². The van der Waals surface area contributed by atoms with E-state index in [4.69, 9.17) is 4.42 Å². The molecular formula is C17H21N5O. The summed E-state index contributed by atoms with van der Waals surface area (Å²) < 4.78 is 7.53. The summed E-state index contributed by atoms with van der Waals surface area (Å²) in [5.41, 5.74) is 2.19. The first-order chi connectivity index (χ1) is 11.2. The molecule has 0 aliphatic heterocycles. The first kappa shape index (κ1) is 15.4. The summed E-state index contributed by atoms with van der Waals surface area (Å²) >= 11 is 0. The molecule has 0 amide bonds. The Labute approximate surface area is 135 Å². The fourth-order valence-corrected chi connectivity index (χ4v) is 2.36. The quantitative estimate of drug-likeness (QED) is 0.700. The fourth-order valence-electron chi connectivity index (χ4n) is 2.36. The minimum atomic E-state index is 0.0582. The van der Waals surface area contributed by atoms with Crippen LogP contribution in [0.4, 0.5) is 0 Å². The van der Waals surface area contributed by atoms with Crippen LogP contribution >= 0.6 is 0 Å². The second-order valence-corrected chi connectivity index (χ2v) is 5.61. The Bertz CT molecular complexity index is 749. The Morgan fingerprint density at radius 3 is 2.70 bits per heavy atom. The second-order valence-electron chi connectivity index (χ2n) is 5.61. The highest BCUT2D eigenvalue weighted by molar-refractivity contribution is 5.30. The summed E-state index contributed by atoms with van der Waals surface area (Å²) in [6.45, 7) is 4.83. The molecule has 6 nitrogen and oxygen atoms in total. The van der Waals surface area contributed by atoms with Crippen LogP contribution in [-0.4, -0.2) is 31.9 Å². The predicted molar refractivity (Wildman–Crippen MR) is 87.1 cm³/mol. The SMILES string of the molecule is CCc1nnc(C(C)N(C)Cc2cnn(-c3ccccc3)c2)o1. The number of para-hydroxylation sites is 1. The van der Waals surface area contributed by atoms with E-state index in [1.54, 1.807) is 0 Å². The minimum absolute atomic E-state index is 0.0582. The van der Waals surface area contributed by atoms with Crippen molar-refractivity contribution >= 4 is 0 Å². The van der Waals surface area contributed by atoms with Crippen molar-refractivity contribution in [2.24, 2.45) is 0 Å². The molecule has 2 aromatic heterocycles. The summed E-state index contributed by atoms with van der Waals surface area (Å²) in [6.07, 6.45) is 4.69. The van der Waals surface area contributed by atoms with Gasteiger partial charge in [-0.2, -0.15) is 5.10 Å². The van der Waals surface area contributed by atoms with E-state index in [1.165, 1.54) is 0 Å². The molecular weight excluding hydrogens is 290 g/mol. The van der Waals surface area contributed by atoms with E-state index in [2.05, 4.69) is 27.1 Å². The Morgan fingerprint density at radius 1 is 1.22 bits per heavy atom. The zero-order valence-electron chi connectivity index (χ0n) is 13.7. The van der Waals surface area contributed by atoms with Crippen LogP contribution in [-0.2, 0) is 13.0 Å². The van der Waals surface area contributed by atoms with Gasteiger partial charge < -0.3 is 4.42 Å². The summed E-state index contributed by atoms with van der Waals surface area (Å²) in [4.78, 5) is 2.17. The van der Waals surface area contributed by atoms with Gasteiger partial charge in [0.05, 0.1) is 17.9 Å². The van der Waals surface area contributed by atoms with Gasteiger partial charge in [0.2, 0.25) is 11.8 Å². The Hall–Kier alpha value is -2.47. The monoisotopic (exact) mass is 311 g/mol. The van der Waals surface area contributed by atoms with Gasteiger partial charge in [-0.25, -0.2) is 4.68 Å². The standard InChI is InChI=1S/C17H21N5O/c1-4-16-19-20-17(23-16)13(2)21(3)11-14-10-18-22(12-14)15-8-6-5-7-9-15/h5-10,12-13H,4,11H2,1-3H3. The van der Waals surface area contributed by atoms with Crippen molar-refractivity contribution in [3.8, 4) is 5.69 Å². The normalized spacial score (nSPS) is 12.7. The Morgan fingerprint density at radius 2 is 2.00 bits per heavy atom. The lowest BCUT2D eigenvalue weighted by molar-refractivity contribution is 0.214. The third-order valence-corrected chi connectivity index (χ3v) is 3.89. The molecule has 0 radical (unpaired) electrons. The van der Waals surface area contributed by atoms with E-state index < -0.39 is 0 Å². The van der Waals surface area contributed by atoms with Crippen LogP contribution in [0.25, 0.3) is 5.69 Å². The molecule has 23 heavy (non-hydrogen) atoms. The lowest BCUT2D eigenvalue weighted by atomic mass is 10.2. The molecule has 120 valence electrons. The Balaban J connectivity index is 1.68. The largest absolute Gasteiger partial charge is 0.424 e. The van der Waals surface area contributed by atoms with Gasteiger partial charge in [0.15, 0.2) is 0 Å². The van der Waals surface area contributed by atoms with Crippen molar-refractivity contribution in [1.29, 1.82) is 0 Å². The van der Waals surface area contributed by atoms with Gasteiger partial charge in [-0.1, -0.05) is 25.1 Å². The molecule has 3 rings (SSSR count). The van der Waals surface area contributed by atoms with Gasteiger partial charge in [0, 0.05) is 24.7 Å². The highest BCUT2D eigenvalue weighted by Gasteiger charge is 2.18. The lowest BCUT2D eigenvalue weighted by Crippen LogP contribution is -2.22. The van der Waals surface area contributed by atoms with E-state index in [1.807, 2.05) is 61.4 Å². The van der Waals surface area contributed by atoms with Crippen LogP contribution in [0.5, 0.6) is 0 Å². The Kier molecular flexibility index (Phi) is 4.52. The smallest absolute Gasteiger partial charge is 0.233 e. The molecule has 0 spiro atoms. The molecule has 0 saturated carbocycles. The van der Waals surface area contributed by atoms with Gasteiger partial charge in [0.1, 0.15) is 0 Å². The molecule has 0 N–H and O–H groups in total. The zero-order chi connectivity index (χ0) is 16.2. The van der Waals surface area contributed by atoms with Crippen molar-refractivity contribution in [1.82, 2.24) is 24.9 Å². The predicted octanol–water partition coefficient (Wildman–Crippen LogP) is 3.01. The third kappa shape index (κ3) is 3.48. The maximum absolute atomic E-state index is 5.64. The van der Waals surface area contributed by atoms with E-state index in [0.29, 0.717) is 11.8 Å². The molecule has 0 saturated heterocycles. The maximum Gasteiger partial charge on any atom is 0.233 e. The maximum atomic E-state index is 5.64. The third-order valence-electron chi connectivity index (χ3n) is 3.89. The minimum Gasteiger partial charge on any atom is -0.424 e. The molecule has 6 heteroatoms. The highest BCUT2D eigenvalue weighted by Crippen LogP contribution is 2.20. The molecule has 2 heterocycles. The van der Waals surface area contributed by atoms with Gasteiger partial charge in [0.25, 0.3) is 0 Å². The number of hydrogen-bond acceptors (Lipinski definition) is 5. The number of nitrogens with zero attached hydrogens (tertiary/aromatic N) is 5. The summed E-state index contributed by atoms with van der Waals surface area (Å²) in [6, 6.07) is 10.1. The summed E-state index contributed by atoms with van der Waals surface area (Å²) in [7, 11) is 2.04. The van der Waals surface area contributed by atoms with Crippen molar-refractivity contribution in [2.45, 2.75) is 32.9 Å². The van der Waals surface area contributed by atoms with Crippen LogP contribution < -0.4 is 0 Å². The molecule has 1 unspecified atom stereocenters. The molecule has 1 atom stereocenters. The van der Waals surface area contributed by atoms with Gasteiger partial charge in [-0.15, -0.1) is 10.2 Å². The summed E-state index contributed by atoms with van der Waals surface area (Å²) in [5, 5.41) is 12.6. The van der Waals surface area contributed by atoms with Gasteiger partial charge in [-0.3, -0.25) is 4.90 Å². The van der Waals surface area contributed by atoms with E-state index >= 15 is 0 Å². The average molecular weight is 311 g/mol. The van der Waals surface area contributed by atoms with Crippen LogP contribution in [0.1, 0.15) is 37.2 Å². The second kappa shape index (κ2) is 6.75. The topological polar surface area (TPSA) is 60.0 Å². The number of aromatic nitrogens is 4. The molecule has 3 aromatic rings. The number of rotatable bonds is 6. The molecule has 0 bridgehead atoms. The van der Waals surface area contributed by atoms with Crippen molar-refractivity contribution < 1.29 is 4.42 Å². The van der Waals surface area contributed by atoms with Crippen LogP contribution in [0, 0.1) is 0 Å². The van der Waals surface area contributed by atoms with Crippen molar-refractivity contribution in [3.05, 3.63) is 60.1 Å². The number of hydrogen-bond donors (Lipinski definition) is 0. The molecule has 0 aliphatic carbocycles. The first-order valence-corrected chi connectivity index (χ1v) is 7.79. The van der Waals surface area contributed by atoms with Gasteiger partial charge >= 0.3 is 0 Å². The summed E-state index contributed by atoms with van der Waals surface area (Å²) in [5.74, 6) is 1.33. The molecule has 0 aliphatic rings. The lowest BCUT2D eigenvalue weighted by Gasteiger charge is -2.20. The average Bonchev–Trinajstić information content (AvgIpc) is 3.24. The van der Waals surface area contributed by atoms with Gasteiger partial charge in [-0.05, 0) is 26.1 Å². The van der Waals surface area contributed by atoms with Crippen molar-refractivity contribution in [2.75, 3.05) is 7.05 Å². The fraction of sp³-hybridized carbons (Fsp3) is 0.353. The first-order valence-electron chi connectivity index (χ1n) is 7.79. The highest BCUT2D eigenvalue weighted by atomic mass is 16.4. The van der Waals surface area contributed by atoms with E-state index in [9.17, 15) is 0 Å². The number of aryl methyl sites for hydroxylation is 1. The number of benzene rings is 1. The van der Waals surface area contributed by atoms with E-state index in [-0.39, 0.29) is 6.04 Å². The van der Waals surface area contributed by atoms with Crippen LogP contribution in [0.15, 0.2) is 47.1 Å². The molecule has 0 fully saturated rings. The van der Waals surface area contributed by atoms with E-state index in [0.717, 1.165) is 24.2 Å². The zero-order valence-corrected chi connectivity index (χ0v) is 13.7. The molecule has 1 aromatic carbocycles.